The van der Waals surface area contributed by atoms with E-state index < -0.39 is 30.8 Å². The maximum atomic E-state index is 12.7. The van der Waals surface area contributed by atoms with E-state index in [1.54, 1.807) is 0 Å². The highest BCUT2D eigenvalue weighted by atomic mass is 19.4. The summed E-state index contributed by atoms with van der Waals surface area (Å²) in [4.78, 5) is 11.2. The second-order valence-corrected chi connectivity index (χ2v) is 4.13. The molecule has 0 aromatic carbocycles. The lowest BCUT2D eigenvalue weighted by Crippen LogP contribution is -2.50. The summed E-state index contributed by atoms with van der Waals surface area (Å²) in [7, 11) is 0. The molecule has 2 unspecified atom stereocenters. The average Bonchev–Trinajstić information content (AvgIpc) is 2.25. The zero-order valence-corrected chi connectivity index (χ0v) is 9.32. The highest BCUT2D eigenvalue weighted by molar-refractivity contribution is 5.74. The van der Waals surface area contributed by atoms with E-state index in [9.17, 15) is 22.4 Å². The summed E-state index contributed by atoms with van der Waals surface area (Å²) < 4.78 is 49.8. The van der Waals surface area contributed by atoms with Crippen molar-refractivity contribution >= 4 is 6.03 Å². The fourth-order valence-electron chi connectivity index (χ4n) is 2.08. The van der Waals surface area contributed by atoms with Gasteiger partial charge in [0.1, 0.15) is 6.67 Å². The van der Waals surface area contributed by atoms with Crippen LogP contribution in [0.25, 0.3) is 0 Å². The van der Waals surface area contributed by atoms with E-state index in [0.29, 0.717) is 19.3 Å². The van der Waals surface area contributed by atoms with Gasteiger partial charge in [-0.2, -0.15) is 13.2 Å². The van der Waals surface area contributed by atoms with Gasteiger partial charge in [-0.05, 0) is 12.8 Å². The van der Waals surface area contributed by atoms with Crippen LogP contribution in [-0.4, -0.2) is 31.5 Å². The van der Waals surface area contributed by atoms with Gasteiger partial charge in [-0.25, -0.2) is 9.18 Å². The number of urea groups is 1. The summed E-state index contributed by atoms with van der Waals surface area (Å²) >= 11 is 0. The third-order valence-corrected chi connectivity index (χ3v) is 2.88. The van der Waals surface area contributed by atoms with Crippen molar-refractivity contribution in [3.8, 4) is 0 Å². The van der Waals surface area contributed by atoms with Gasteiger partial charge >= 0.3 is 12.2 Å². The van der Waals surface area contributed by atoms with Crippen molar-refractivity contribution in [3.05, 3.63) is 0 Å². The number of carbonyl (C=O) groups is 1. The van der Waals surface area contributed by atoms with Crippen molar-refractivity contribution < 1.29 is 22.4 Å². The van der Waals surface area contributed by atoms with Crippen LogP contribution >= 0.6 is 0 Å². The van der Waals surface area contributed by atoms with E-state index in [2.05, 4.69) is 10.6 Å². The Morgan fingerprint density at radius 1 is 1.24 bits per heavy atom. The van der Waals surface area contributed by atoms with Crippen molar-refractivity contribution in [1.82, 2.24) is 10.6 Å². The predicted molar refractivity (Wildman–Crippen MR) is 54.3 cm³/mol. The molecule has 1 aliphatic rings. The highest BCUT2D eigenvalue weighted by Gasteiger charge is 2.45. The van der Waals surface area contributed by atoms with Crippen LogP contribution in [0.2, 0.25) is 0 Å². The van der Waals surface area contributed by atoms with Crippen LogP contribution in [0.1, 0.15) is 25.7 Å². The molecule has 0 radical (unpaired) electrons. The molecular weight excluding hydrogens is 240 g/mol. The van der Waals surface area contributed by atoms with Gasteiger partial charge in [0.25, 0.3) is 0 Å². The lowest BCUT2D eigenvalue weighted by Gasteiger charge is -2.33. The van der Waals surface area contributed by atoms with Gasteiger partial charge in [-0.15, -0.1) is 0 Å². The smallest absolute Gasteiger partial charge is 0.336 e. The van der Waals surface area contributed by atoms with Gasteiger partial charge in [-0.3, -0.25) is 0 Å². The zero-order chi connectivity index (χ0) is 12.9. The number of nitrogens with one attached hydrogen (secondary N) is 2. The molecule has 3 nitrogen and oxygen atoms in total. The standard InChI is InChI=1S/C10H16F4N2O/c11-5-6-15-9(17)16-8-4-2-1-3-7(8)10(12,13)14/h7-8H,1-6H2,(H2,15,16,17). The van der Waals surface area contributed by atoms with Crippen LogP contribution < -0.4 is 10.6 Å². The fraction of sp³-hybridized carbons (Fsp3) is 0.900. The molecule has 17 heavy (non-hydrogen) atoms. The number of carbonyl (C=O) groups excluding carboxylic acids is 1. The van der Waals surface area contributed by atoms with Gasteiger partial charge in [0.15, 0.2) is 0 Å². The first kappa shape index (κ1) is 14.1. The predicted octanol–water partition coefficient (Wildman–Crippen LogP) is 2.38. The summed E-state index contributed by atoms with van der Waals surface area (Å²) in [5.74, 6) is -1.49. The molecule has 2 N–H and O–H groups in total. The van der Waals surface area contributed by atoms with Gasteiger partial charge < -0.3 is 10.6 Å². The Kier molecular flexibility index (Phi) is 5.02. The van der Waals surface area contributed by atoms with Crippen molar-refractivity contribution in [1.29, 1.82) is 0 Å². The normalized spacial score (nSPS) is 25.4. The van der Waals surface area contributed by atoms with Gasteiger partial charge in [0, 0.05) is 12.6 Å². The van der Waals surface area contributed by atoms with Gasteiger partial charge in [0.2, 0.25) is 0 Å². The Morgan fingerprint density at radius 3 is 2.47 bits per heavy atom. The molecule has 0 saturated heterocycles. The molecule has 0 spiro atoms. The van der Waals surface area contributed by atoms with Crippen molar-refractivity contribution in [3.63, 3.8) is 0 Å². The monoisotopic (exact) mass is 256 g/mol. The van der Waals surface area contributed by atoms with Crippen LogP contribution in [0.5, 0.6) is 0 Å². The second-order valence-electron chi connectivity index (χ2n) is 4.13. The number of hydrogen-bond donors (Lipinski definition) is 2. The average molecular weight is 256 g/mol. The molecule has 0 aliphatic heterocycles. The molecule has 0 heterocycles. The molecule has 0 aromatic heterocycles. The van der Waals surface area contributed by atoms with E-state index in [0.717, 1.165) is 0 Å². The molecule has 100 valence electrons. The fourth-order valence-corrected chi connectivity index (χ4v) is 2.08. The van der Waals surface area contributed by atoms with E-state index in [4.69, 9.17) is 0 Å². The summed E-state index contributed by atoms with van der Waals surface area (Å²) in [5, 5.41) is 4.43. The molecule has 1 rings (SSSR count). The van der Waals surface area contributed by atoms with E-state index >= 15 is 0 Å². The third kappa shape index (κ3) is 4.40. The van der Waals surface area contributed by atoms with Crippen LogP contribution in [0.15, 0.2) is 0 Å². The summed E-state index contributed by atoms with van der Waals surface area (Å²) in [6, 6.07) is -1.63. The van der Waals surface area contributed by atoms with Crippen LogP contribution in [0, 0.1) is 5.92 Å². The minimum Gasteiger partial charge on any atom is -0.336 e. The molecular formula is C10H16F4N2O. The third-order valence-electron chi connectivity index (χ3n) is 2.88. The topological polar surface area (TPSA) is 41.1 Å². The van der Waals surface area contributed by atoms with E-state index in [1.807, 2.05) is 0 Å². The number of amides is 2. The molecule has 7 heteroatoms. The van der Waals surface area contributed by atoms with Gasteiger partial charge in [0.05, 0.1) is 5.92 Å². The Hall–Kier alpha value is -1.01. The molecule has 2 atom stereocenters. The number of rotatable bonds is 3. The Labute approximate surface area is 96.9 Å². The molecule has 0 aromatic rings. The molecule has 1 fully saturated rings. The maximum Gasteiger partial charge on any atom is 0.393 e. The first-order valence-electron chi connectivity index (χ1n) is 5.62. The van der Waals surface area contributed by atoms with Crippen molar-refractivity contribution in [2.75, 3.05) is 13.2 Å². The number of alkyl halides is 4. The largest absolute Gasteiger partial charge is 0.393 e. The van der Waals surface area contributed by atoms with Gasteiger partial charge in [-0.1, -0.05) is 12.8 Å². The van der Waals surface area contributed by atoms with E-state index in [1.165, 1.54) is 0 Å². The Balaban J connectivity index is 2.51. The first-order chi connectivity index (χ1) is 7.95. The number of halogens is 4. The summed E-state index contributed by atoms with van der Waals surface area (Å²) in [6.45, 7) is -0.921. The molecule has 1 aliphatic carbocycles. The SMILES string of the molecule is O=C(NCCF)NC1CCCCC1C(F)(F)F. The van der Waals surface area contributed by atoms with Crippen molar-refractivity contribution in [2.24, 2.45) is 5.92 Å². The van der Waals surface area contributed by atoms with Crippen molar-refractivity contribution in [2.45, 2.75) is 37.9 Å². The first-order valence-corrected chi connectivity index (χ1v) is 5.62. The highest BCUT2D eigenvalue weighted by Crippen LogP contribution is 2.37. The Bertz CT molecular complexity index is 257. The van der Waals surface area contributed by atoms with Crippen LogP contribution in [-0.2, 0) is 0 Å². The molecule has 2 amide bonds. The minimum absolute atomic E-state index is 0.0392. The lowest BCUT2D eigenvalue weighted by molar-refractivity contribution is -0.187. The molecule has 0 bridgehead atoms. The molecule has 1 saturated carbocycles. The van der Waals surface area contributed by atoms with Crippen LogP contribution in [0.4, 0.5) is 22.4 Å². The van der Waals surface area contributed by atoms with Crippen LogP contribution in [0.3, 0.4) is 0 Å². The quantitative estimate of drug-likeness (QED) is 0.748. The summed E-state index contributed by atoms with van der Waals surface area (Å²) in [6.07, 6.45) is -2.75. The minimum atomic E-state index is -4.29. The summed E-state index contributed by atoms with van der Waals surface area (Å²) in [5.41, 5.74) is 0. The zero-order valence-electron chi connectivity index (χ0n) is 9.32. The van der Waals surface area contributed by atoms with E-state index in [-0.39, 0.29) is 13.0 Å². The maximum absolute atomic E-state index is 12.7. The lowest BCUT2D eigenvalue weighted by atomic mass is 9.84. The Morgan fingerprint density at radius 2 is 1.88 bits per heavy atom. The number of hydrogen-bond acceptors (Lipinski definition) is 1. The second kappa shape index (κ2) is 6.07.